The molecule has 0 spiro atoms. The van der Waals surface area contributed by atoms with Gasteiger partial charge in [-0.05, 0) is 39.8 Å². The van der Waals surface area contributed by atoms with E-state index in [2.05, 4.69) is 5.32 Å². The number of hydrogen-bond donors (Lipinski definition) is 3. The van der Waals surface area contributed by atoms with Gasteiger partial charge in [0.2, 0.25) is 0 Å². The van der Waals surface area contributed by atoms with Gasteiger partial charge in [-0.2, -0.15) is 0 Å². The quantitative estimate of drug-likeness (QED) is 0.383. The molecule has 32 heavy (non-hydrogen) atoms. The fourth-order valence-corrected chi connectivity index (χ4v) is 4.35. The zero-order valence-electron chi connectivity index (χ0n) is 18.5. The van der Waals surface area contributed by atoms with E-state index in [1.807, 2.05) is 29.9 Å². The zero-order chi connectivity index (χ0) is 23.5. The predicted octanol–water partition coefficient (Wildman–Crippen LogP) is 2.70. The number of aryl methyl sites for hydroxylation is 1. The third kappa shape index (κ3) is 2.79. The van der Waals surface area contributed by atoms with Crippen molar-refractivity contribution < 1.29 is 29.3 Å². The summed E-state index contributed by atoms with van der Waals surface area (Å²) in [5.41, 5.74) is -0.185. The molecular formula is C24H24N2O6. The zero-order valence-corrected chi connectivity index (χ0v) is 18.5. The van der Waals surface area contributed by atoms with Gasteiger partial charge in [-0.25, -0.2) is 0 Å². The standard InChI is InChI=1S/C24H24N2O6/c1-11-20(29)18(13(3)27)22-19(21(11)30)24(4)16(32-22)9-15(28)17(23(24)31)12(2)25-10-14-7-6-8-26(14)5/h6-9,25,29-30H,10H2,1-5H3/t24-/m0/s1. The lowest BCUT2D eigenvalue weighted by atomic mass is 9.70. The molecule has 1 aromatic heterocycles. The van der Waals surface area contributed by atoms with Crippen LogP contribution >= 0.6 is 0 Å². The van der Waals surface area contributed by atoms with Crippen molar-refractivity contribution in [3.05, 3.63) is 63.8 Å². The first-order valence-corrected chi connectivity index (χ1v) is 10.1. The number of aromatic hydroxyl groups is 2. The molecule has 8 nitrogen and oxygen atoms in total. The summed E-state index contributed by atoms with van der Waals surface area (Å²) in [4.78, 5) is 38.8. The molecule has 1 aliphatic carbocycles. The van der Waals surface area contributed by atoms with E-state index in [9.17, 15) is 24.6 Å². The Morgan fingerprint density at radius 3 is 2.50 bits per heavy atom. The van der Waals surface area contributed by atoms with Gasteiger partial charge in [-0.3, -0.25) is 14.4 Å². The highest BCUT2D eigenvalue weighted by molar-refractivity contribution is 6.31. The lowest BCUT2D eigenvalue weighted by Gasteiger charge is -2.29. The van der Waals surface area contributed by atoms with Gasteiger partial charge in [0.25, 0.3) is 0 Å². The van der Waals surface area contributed by atoms with E-state index < -0.39 is 28.5 Å². The van der Waals surface area contributed by atoms with E-state index in [0.29, 0.717) is 12.2 Å². The number of hydrogen-bond acceptors (Lipinski definition) is 7. The molecule has 1 atom stereocenters. The third-order valence-corrected chi connectivity index (χ3v) is 6.35. The lowest BCUT2D eigenvalue weighted by Crippen LogP contribution is -2.41. The summed E-state index contributed by atoms with van der Waals surface area (Å²) in [6.45, 7) is 6.31. The normalized spacial score (nSPS) is 21.0. The number of carbonyl (C=O) groups is 3. The number of ketones is 3. The molecule has 1 aromatic carbocycles. The minimum absolute atomic E-state index is 0.0179. The van der Waals surface area contributed by atoms with Crippen LogP contribution in [0.1, 0.15) is 48.0 Å². The van der Waals surface area contributed by atoms with Crippen molar-refractivity contribution in [2.45, 2.75) is 39.7 Å². The van der Waals surface area contributed by atoms with Crippen LogP contribution in [0.4, 0.5) is 0 Å². The number of Topliss-reactive ketones (excluding diaryl/α,β-unsaturated/α-hetero) is 2. The van der Waals surface area contributed by atoms with Gasteiger partial charge in [0.05, 0.1) is 17.7 Å². The molecule has 3 N–H and O–H groups in total. The second-order valence-electron chi connectivity index (χ2n) is 8.35. The lowest BCUT2D eigenvalue weighted by molar-refractivity contribution is -0.123. The summed E-state index contributed by atoms with van der Waals surface area (Å²) >= 11 is 0. The molecule has 166 valence electrons. The second-order valence-corrected chi connectivity index (χ2v) is 8.35. The average Bonchev–Trinajstić information content (AvgIpc) is 3.25. The van der Waals surface area contributed by atoms with E-state index in [0.717, 1.165) is 5.69 Å². The van der Waals surface area contributed by atoms with Gasteiger partial charge in [0.15, 0.2) is 17.3 Å². The van der Waals surface area contributed by atoms with Gasteiger partial charge in [-0.15, -0.1) is 0 Å². The van der Waals surface area contributed by atoms with Gasteiger partial charge < -0.3 is 24.8 Å². The topological polar surface area (TPSA) is 118 Å². The predicted molar refractivity (Wildman–Crippen MR) is 116 cm³/mol. The number of benzene rings is 1. The Morgan fingerprint density at radius 2 is 1.91 bits per heavy atom. The van der Waals surface area contributed by atoms with Crippen molar-refractivity contribution in [1.82, 2.24) is 9.88 Å². The fourth-order valence-electron chi connectivity index (χ4n) is 4.35. The van der Waals surface area contributed by atoms with Gasteiger partial charge in [0, 0.05) is 36.3 Å². The molecule has 0 amide bonds. The van der Waals surface area contributed by atoms with Crippen LogP contribution in [-0.4, -0.2) is 32.1 Å². The molecule has 0 radical (unpaired) electrons. The third-order valence-electron chi connectivity index (χ3n) is 6.35. The Labute approximate surface area is 184 Å². The maximum Gasteiger partial charge on any atom is 0.194 e. The molecule has 2 aromatic rings. The average molecular weight is 436 g/mol. The number of ether oxygens (including phenoxy) is 1. The van der Waals surface area contributed by atoms with Crippen molar-refractivity contribution in [2.24, 2.45) is 7.05 Å². The summed E-state index contributed by atoms with van der Waals surface area (Å²) < 4.78 is 7.68. The van der Waals surface area contributed by atoms with Crippen LogP contribution in [0, 0.1) is 6.92 Å². The number of nitrogens with zero attached hydrogens (tertiary/aromatic N) is 1. The summed E-state index contributed by atoms with van der Waals surface area (Å²) in [6, 6.07) is 3.82. The van der Waals surface area contributed by atoms with Crippen molar-refractivity contribution in [3.63, 3.8) is 0 Å². The van der Waals surface area contributed by atoms with Crippen molar-refractivity contribution in [1.29, 1.82) is 0 Å². The Kier molecular flexibility index (Phi) is 4.76. The van der Waals surface area contributed by atoms with Crippen molar-refractivity contribution in [2.75, 3.05) is 0 Å². The van der Waals surface area contributed by atoms with Crippen LogP contribution in [0.2, 0.25) is 0 Å². The summed E-state index contributed by atoms with van der Waals surface area (Å²) in [5, 5.41) is 24.4. The first kappa shape index (κ1) is 21.4. The Morgan fingerprint density at radius 1 is 1.22 bits per heavy atom. The highest BCUT2D eigenvalue weighted by atomic mass is 16.5. The first-order chi connectivity index (χ1) is 15.0. The minimum Gasteiger partial charge on any atom is -0.507 e. The summed E-state index contributed by atoms with van der Waals surface area (Å²) in [5.74, 6) is -2.40. The molecule has 2 aliphatic rings. The number of fused-ring (bicyclic) bond motifs is 3. The van der Waals surface area contributed by atoms with Crippen LogP contribution in [0.3, 0.4) is 0 Å². The number of carbonyl (C=O) groups excluding carboxylic acids is 3. The van der Waals surface area contributed by atoms with E-state index in [1.54, 1.807) is 13.8 Å². The number of aromatic nitrogens is 1. The largest absolute Gasteiger partial charge is 0.507 e. The number of rotatable bonds is 4. The van der Waals surface area contributed by atoms with Crippen molar-refractivity contribution >= 4 is 17.3 Å². The number of phenols is 2. The maximum atomic E-state index is 13.7. The Hall–Kier alpha value is -3.81. The van der Waals surface area contributed by atoms with Crippen LogP contribution in [0.25, 0.3) is 0 Å². The van der Waals surface area contributed by atoms with Crippen LogP contribution < -0.4 is 10.1 Å². The maximum absolute atomic E-state index is 13.7. The molecule has 0 saturated heterocycles. The van der Waals surface area contributed by atoms with Gasteiger partial charge in [-0.1, -0.05) is 0 Å². The van der Waals surface area contributed by atoms with Crippen LogP contribution in [0.5, 0.6) is 17.2 Å². The molecule has 0 fully saturated rings. The summed E-state index contributed by atoms with van der Waals surface area (Å²) in [6.07, 6.45) is 3.10. The molecule has 4 rings (SSSR count). The first-order valence-electron chi connectivity index (χ1n) is 10.1. The molecular weight excluding hydrogens is 412 g/mol. The molecule has 1 aliphatic heterocycles. The minimum atomic E-state index is -1.51. The molecule has 0 unspecified atom stereocenters. The van der Waals surface area contributed by atoms with Gasteiger partial charge in [0.1, 0.15) is 34.0 Å². The van der Waals surface area contributed by atoms with Crippen LogP contribution in [0.15, 0.2) is 41.4 Å². The van der Waals surface area contributed by atoms with E-state index in [1.165, 1.54) is 19.9 Å². The van der Waals surface area contributed by atoms with Gasteiger partial charge >= 0.3 is 0 Å². The fraction of sp³-hybridized carbons (Fsp3) is 0.292. The Balaban J connectivity index is 1.86. The molecule has 8 heteroatoms. The van der Waals surface area contributed by atoms with E-state index in [-0.39, 0.29) is 39.5 Å². The SMILES string of the molecule is CC(=O)c1c(O)c(C)c(O)c2c1OC1=CC(=O)C(=C(C)NCc3cccn3C)C(=O)[C@@]12C. The van der Waals surface area contributed by atoms with E-state index in [4.69, 9.17) is 4.74 Å². The smallest absolute Gasteiger partial charge is 0.194 e. The highest BCUT2D eigenvalue weighted by Crippen LogP contribution is 2.57. The van der Waals surface area contributed by atoms with Crippen LogP contribution in [-0.2, 0) is 28.6 Å². The monoisotopic (exact) mass is 436 g/mol. The summed E-state index contributed by atoms with van der Waals surface area (Å²) in [7, 11) is 1.90. The molecule has 2 heterocycles. The van der Waals surface area contributed by atoms with E-state index >= 15 is 0 Å². The van der Waals surface area contributed by atoms with Crippen molar-refractivity contribution in [3.8, 4) is 17.2 Å². The number of nitrogens with one attached hydrogen (secondary N) is 1. The Bertz CT molecular complexity index is 1280. The number of phenolic OH excluding ortho intramolecular Hbond substituents is 2. The second kappa shape index (κ2) is 7.12. The number of allylic oxidation sites excluding steroid dienone is 4. The molecule has 0 bridgehead atoms. The molecule has 0 saturated carbocycles. The highest BCUT2D eigenvalue weighted by Gasteiger charge is 2.56.